The summed E-state index contributed by atoms with van der Waals surface area (Å²) in [5.74, 6) is -0.580. The summed E-state index contributed by atoms with van der Waals surface area (Å²) in [7, 11) is -9.91. The Kier molecular flexibility index (Phi) is 63.7. The molecule has 0 amide bonds. The van der Waals surface area contributed by atoms with Crippen LogP contribution in [0.1, 0.15) is 356 Å². The number of rotatable bonds is 71. The highest BCUT2D eigenvalue weighted by molar-refractivity contribution is 7.47. The molecular weight excluding hydrogens is 1220 g/mol. The Morgan fingerprint density at radius 2 is 0.634 bits per heavy atom. The normalized spacial score (nSPS) is 14.5. The first-order valence-corrected chi connectivity index (χ1v) is 40.8. The monoisotopic (exact) mass is 1360 g/mol. The maximum Gasteiger partial charge on any atom is 0.472 e. The van der Waals surface area contributed by atoms with Gasteiger partial charge in [-0.15, -0.1) is 0 Å². The molecule has 6 atom stereocenters. The van der Waals surface area contributed by atoms with E-state index in [4.69, 9.17) is 37.0 Å². The zero-order chi connectivity index (χ0) is 68.6. The van der Waals surface area contributed by atoms with Gasteiger partial charge in [-0.2, -0.15) is 0 Å². The van der Waals surface area contributed by atoms with Crippen molar-refractivity contribution in [2.24, 2.45) is 11.8 Å². The third-order valence-corrected chi connectivity index (χ3v) is 18.8. The number of hydrogen-bond acceptors (Lipinski definition) is 15. The second-order valence-electron chi connectivity index (χ2n) is 26.7. The molecule has 0 bridgehead atoms. The average molecular weight is 1360 g/mol. The third kappa shape index (κ3) is 66.6. The highest BCUT2D eigenvalue weighted by Gasteiger charge is 2.30. The Labute approximate surface area is 567 Å². The maximum absolute atomic E-state index is 13.1. The fourth-order valence-electron chi connectivity index (χ4n) is 10.7. The van der Waals surface area contributed by atoms with Crippen molar-refractivity contribution in [3.8, 4) is 0 Å². The van der Waals surface area contributed by atoms with E-state index in [1.165, 1.54) is 141 Å². The van der Waals surface area contributed by atoms with Crippen molar-refractivity contribution >= 4 is 39.5 Å². The molecule has 548 valence electrons. The number of ether oxygens (including phenoxy) is 4. The van der Waals surface area contributed by atoms with Gasteiger partial charge in [0, 0.05) is 25.7 Å². The summed E-state index contributed by atoms with van der Waals surface area (Å²) in [5.41, 5.74) is 0. The molecule has 3 unspecified atom stereocenters. The van der Waals surface area contributed by atoms with Crippen molar-refractivity contribution in [2.45, 2.75) is 374 Å². The molecule has 0 aromatic heterocycles. The SMILES string of the molecule is CCCCCC/C=C\C=C/CCCCCCCC(=O)OC[C@H](COP(=O)(O)OC[C@@H](O)COP(=O)(O)OC[C@@H](COC(=O)CCCCCCCCC)OC(=O)CCCCCCCCCCC(C)CC)OC(=O)CCCCCCCCCCCCCCCCCCC(C)C. The molecule has 0 aliphatic heterocycles. The van der Waals surface area contributed by atoms with Gasteiger partial charge in [-0.3, -0.25) is 37.3 Å². The molecule has 0 fully saturated rings. The van der Waals surface area contributed by atoms with Gasteiger partial charge in [-0.25, -0.2) is 9.13 Å². The van der Waals surface area contributed by atoms with Gasteiger partial charge in [0.15, 0.2) is 12.2 Å². The highest BCUT2D eigenvalue weighted by Crippen LogP contribution is 2.45. The first-order valence-electron chi connectivity index (χ1n) is 37.8. The predicted molar refractivity (Wildman–Crippen MR) is 377 cm³/mol. The number of aliphatic hydroxyl groups excluding tert-OH is 1. The summed E-state index contributed by atoms with van der Waals surface area (Å²) < 4.78 is 68.3. The Balaban J connectivity index is 5.23. The van der Waals surface area contributed by atoms with Gasteiger partial charge in [-0.1, -0.05) is 303 Å². The summed E-state index contributed by atoms with van der Waals surface area (Å²) >= 11 is 0. The summed E-state index contributed by atoms with van der Waals surface area (Å²) in [4.78, 5) is 72.5. The van der Waals surface area contributed by atoms with Crippen molar-refractivity contribution in [1.82, 2.24) is 0 Å². The zero-order valence-corrected chi connectivity index (χ0v) is 61.8. The van der Waals surface area contributed by atoms with E-state index in [0.29, 0.717) is 25.7 Å². The van der Waals surface area contributed by atoms with Crippen molar-refractivity contribution in [3.05, 3.63) is 24.3 Å². The third-order valence-electron chi connectivity index (χ3n) is 16.9. The molecule has 93 heavy (non-hydrogen) atoms. The number of carbonyl (C=O) groups is 4. The Hall–Kier alpha value is -2.46. The van der Waals surface area contributed by atoms with Gasteiger partial charge in [0.05, 0.1) is 26.4 Å². The van der Waals surface area contributed by atoms with Crippen LogP contribution >= 0.6 is 15.6 Å². The van der Waals surface area contributed by atoms with Gasteiger partial charge in [0.25, 0.3) is 0 Å². The van der Waals surface area contributed by atoms with Crippen LogP contribution in [0.5, 0.6) is 0 Å². The number of hydrogen-bond donors (Lipinski definition) is 3. The summed E-state index contributed by atoms with van der Waals surface area (Å²) in [6, 6.07) is 0. The van der Waals surface area contributed by atoms with E-state index in [1.807, 2.05) is 0 Å². The van der Waals surface area contributed by atoms with Crippen LogP contribution in [0.2, 0.25) is 0 Å². The quantitative estimate of drug-likeness (QED) is 0.0169. The molecule has 3 N–H and O–H groups in total. The Morgan fingerprint density at radius 1 is 0.355 bits per heavy atom. The maximum atomic E-state index is 13.1. The average Bonchev–Trinajstić information content (AvgIpc) is 3.07. The second-order valence-corrected chi connectivity index (χ2v) is 29.6. The fraction of sp³-hybridized carbons (Fsp3) is 0.892. The number of aliphatic hydroxyl groups is 1. The summed E-state index contributed by atoms with van der Waals surface area (Å²) in [6.45, 7) is 9.49. The minimum atomic E-state index is -4.96. The summed E-state index contributed by atoms with van der Waals surface area (Å²) in [5, 5.41) is 10.6. The van der Waals surface area contributed by atoms with Gasteiger partial charge >= 0.3 is 39.5 Å². The van der Waals surface area contributed by atoms with Gasteiger partial charge in [0.2, 0.25) is 0 Å². The minimum Gasteiger partial charge on any atom is -0.462 e. The van der Waals surface area contributed by atoms with E-state index in [1.54, 1.807) is 0 Å². The van der Waals surface area contributed by atoms with E-state index in [-0.39, 0.29) is 25.7 Å². The number of allylic oxidation sites excluding steroid dienone is 4. The Morgan fingerprint density at radius 3 is 0.968 bits per heavy atom. The lowest BCUT2D eigenvalue weighted by molar-refractivity contribution is -0.161. The van der Waals surface area contributed by atoms with Crippen LogP contribution in [-0.2, 0) is 65.4 Å². The molecule has 0 aliphatic carbocycles. The molecular formula is C74H140O17P2. The summed E-state index contributed by atoms with van der Waals surface area (Å²) in [6.07, 6.45) is 55.0. The molecule has 17 nitrogen and oxygen atoms in total. The van der Waals surface area contributed by atoms with Gasteiger partial charge in [0.1, 0.15) is 19.3 Å². The molecule has 0 rings (SSSR count). The number of phosphoric acid groups is 2. The molecule has 0 aliphatic rings. The van der Waals surface area contributed by atoms with Crippen LogP contribution in [-0.4, -0.2) is 96.7 Å². The molecule has 0 radical (unpaired) electrons. The van der Waals surface area contributed by atoms with E-state index >= 15 is 0 Å². The van der Waals surface area contributed by atoms with Crippen molar-refractivity contribution in [2.75, 3.05) is 39.6 Å². The van der Waals surface area contributed by atoms with E-state index in [9.17, 15) is 43.2 Å². The van der Waals surface area contributed by atoms with Crippen molar-refractivity contribution in [3.63, 3.8) is 0 Å². The van der Waals surface area contributed by atoms with Crippen LogP contribution in [0, 0.1) is 11.8 Å². The predicted octanol–water partition coefficient (Wildman–Crippen LogP) is 21.1. The first-order chi connectivity index (χ1) is 44.9. The first kappa shape index (κ1) is 90.5. The topological polar surface area (TPSA) is 237 Å². The minimum absolute atomic E-state index is 0.101. The van der Waals surface area contributed by atoms with Crippen LogP contribution in [0.4, 0.5) is 0 Å². The number of phosphoric ester groups is 2. The van der Waals surface area contributed by atoms with E-state index in [2.05, 4.69) is 65.8 Å². The van der Waals surface area contributed by atoms with Gasteiger partial charge < -0.3 is 33.8 Å². The number of unbranched alkanes of at least 4 members (excludes halogenated alkanes) is 37. The number of carbonyl (C=O) groups excluding carboxylic acids is 4. The van der Waals surface area contributed by atoms with E-state index in [0.717, 1.165) is 134 Å². The van der Waals surface area contributed by atoms with Crippen LogP contribution < -0.4 is 0 Å². The lowest BCUT2D eigenvalue weighted by Crippen LogP contribution is -2.30. The molecule has 0 aromatic carbocycles. The van der Waals surface area contributed by atoms with Gasteiger partial charge in [-0.05, 0) is 63.2 Å². The molecule has 0 heterocycles. The fourth-order valence-corrected chi connectivity index (χ4v) is 12.3. The highest BCUT2D eigenvalue weighted by atomic mass is 31.2. The molecule has 0 saturated heterocycles. The standard InChI is InChI=1S/C74H140O17P2/c1-7-10-12-14-16-17-18-19-22-26-29-32-39-45-51-57-72(77)85-63-70(90-73(78)58-52-46-40-33-30-27-24-21-20-23-25-28-31-37-42-48-54-66(4)5)65-89-93(82,83)87-61-68(75)60-86-92(80,81)88-64-69(62-84-71(76)56-50-44-36-15-13-11-8-2)91-74(79)59-53-47-41-35-34-38-43-49-55-67(6)9-3/h17-19,22,66-70,75H,7-16,20-21,23-65H2,1-6H3,(H,80,81)(H,82,83)/b18-17-,22-19-/t67?,68-,69+,70+/m0/s1. The lowest BCUT2D eigenvalue weighted by atomic mass is 9.99. The number of esters is 4. The lowest BCUT2D eigenvalue weighted by Gasteiger charge is -2.21. The van der Waals surface area contributed by atoms with Crippen molar-refractivity contribution < 1.29 is 80.2 Å². The van der Waals surface area contributed by atoms with E-state index < -0.39 is 97.5 Å². The van der Waals surface area contributed by atoms with Crippen LogP contribution in [0.25, 0.3) is 0 Å². The smallest absolute Gasteiger partial charge is 0.462 e. The molecule has 0 aromatic rings. The molecule has 0 saturated carbocycles. The largest absolute Gasteiger partial charge is 0.472 e. The molecule has 19 heteroatoms. The Bertz CT molecular complexity index is 1900. The molecule has 0 spiro atoms. The van der Waals surface area contributed by atoms with Crippen LogP contribution in [0.3, 0.4) is 0 Å². The van der Waals surface area contributed by atoms with Crippen LogP contribution in [0.15, 0.2) is 24.3 Å². The van der Waals surface area contributed by atoms with Crippen molar-refractivity contribution in [1.29, 1.82) is 0 Å². The second kappa shape index (κ2) is 65.5. The zero-order valence-electron chi connectivity index (χ0n) is 60.0.